The molecule has 9 heteroatoms. The Balaban J connectivity index is 2.11. The van der Waals surface area contributed by atoms with Crippen LogP contribution in [0.5, 0.6) is 0 Å². The van der Waals surface area contributed by atoms with E-state index in [0.717, 1.165) is 0 Å². The fourth-order valence-corrected chi connectivity index (χ4v) is 2.67. The molecule has 6 nitrogen and oxygen atoms in total. The molecule has 1 heterocycles. The molecule has 146 valence electrons. The fraction of sp³-hybridized carbons (Fsp3) is 0.588. The minimum atomic E-state index is -4.42. The third-order valence-corrected chi connectivity index (χ3v) is 4.04. The lowest BCUT2D eigenvalue weighted by Gasteiger charge is -2.29. The molecule has 0 spiro atoms. The number of rotatable bonds is 6. The summed E-state index contributed by atoms with van der Waals surface area (Å²) in [6, 6.07) is 4.45. The highest BCUT2D eigenvalue weighted by Gasteiger charge is 2.34. The second-order valence-corrected chi connectivity index (χ2v) is 5.78. The highest BCUT2D eigenvalue weighted by molar-refractivity contribution is 5.79. The maximum absolute atomic E-state index is 13.5. The van der Waals surface area contributed by atoms with Gasteiger partial charge in [-0.3, -0.25) is 4.99 Å². The van der Waals surface area contributed by atoms with Gasteiger partial charge in [-0.05, 0) is 17.7 Å². The topological polar surface area (TPSA) is 58.1 Å². The van der Waals surface area contributed by atoms with Crippen molar-refractivity contribution in [1.29, 1.82) is 0 Å². The number of ether oxygens (including phenoxy) is 2. The molecule has 1 fully saturated rings. The van der Waals surface area contributed by atoms with E-state index in [9.17, 15) is 13.2 Å². The predicted molar refractivity (Wildman–Crippen MR) is 94.6 cm³/mol. The second kappa shape index (κ2) is 9.63. The lowest BCUT2D eigenvalue weighted by molar-refractivity contribution is -0.138. The molecule has 1 aromatic rings. The van der Waals surface area contributed by atoms with Crippen molar-refractivity contribution in [3.8, 4) is 0 Å². The zero-order valence-corrected chi connectivity index (χ0v) is 15.0. The van der Waals surface area contributed by atoms with Crippen molar-refractivity contribution in [1.82, 2.24) is 10.6 Å². The van der Waals surface area contributed by atoms with Gasteiger partial charge in [0.05, 0.1) is 25.4 Å². The van der Waals surface area contributed by atoms with Crippen LogP contribution in [-0.2, 0) is 22.2 Å². The molecule has 1 aromatic carbocycles. The molecule has 0 radical (unpaired) electrons. The molecule has 0 bridgehead atoms. The molecule has 0 saturated carbocycles. The van der Waals surface area contributed by atoms with Crippen LogP contribution in [0.25, 0.3) is 0 Å². The summed E-state index contributed by atoms with van der Waals surface area (Å²) in [4.78, 5) is 5.90. The van der Waals surface area contributed by atoms with Crippen LogP contribution in [-0.4, -0.2) is 59.6 Å². The minimum Gasteiger partial charge on any atom is -0.383 e. The summed E-state index contributed by atoms with van der Waals surface area (Å²) in [5.74, 6) is 0.424. The Kier molecular flexibility index (Phi) is 7.52. The Morgan fingerprint density at radius 3 is 2.62 bits per heavy atom. The molecule has 1 aliphatic heterocycles. The van der Waals surface area contributed by atoms with Crippen LogP contribution in [0, 0.1) is 0 Å². The number of hydrogen-bond acceptors (Lipinski definition) is 4. The second-order valence-electron chi connectivity index (χ2n) is 5.78. The third kappa shape index (κ3) is 5.77. The van der Waals surface area contributed by atoms with E-state index < -0.39 is 11.7 Å². The number of methoxy groups -OCH3 is 1. The lowest BCUT2D eigenvalue weighted by atomic mass is 10.0. The lowest BCUT2D eigenvalue weighted by Crippen LogP contribution is -2.39. The molecular formula is C17H25F3N4O2. The van der Waals surface area contributed by atoms with E-state index in [4.69, 9.17) is 9.47 Å². The number of morpholine rings is 1. The summed E-state index contributed by atoms with van der Waals surface area (Å²) < 4.78 is 50.7. The van der Waals surface area contributed by atoms with Gasteiger partial charge in [0, 0.05) is 46.0 Å². The van der Waals surface area contributed by atoms with Gasteiger partial charge >= 0.3 is 6.18 Å². The number of anilines is 1. The quantitative estimate of drug-likeness (QED) is 0.452. The maximum Gasteiger partial charge on any atom is 0.416 e. The van der Waals surface area contributed by atoms with Crippen LogP contribution in [0.4, 0.5) is 18.9 Å². The van der Waals surface area contributed by atoms with Crippen LogP contribution in [0.2, 0.25) is 0 Å². The molecular weight excluding hydrogens is 349 g/mol. The highest BCUT2D eigenvalue weighted by Crippen LogP contribution is 2.34. The van der Waals surface area contributed by atoms with Crippen molar-refractivity contribution in [2.45, 2.75) is 12.7 Å². The molecule has 26 heavy (non-hydrogen) atoms. The van der Waals surface area contributed by atoms with E-state index in [2.05, 4.69) is 15.6 Å². The van der Waals surface area contributed by atoms with E-state index in [1.807, 2.05) is 4.90 Å². The molecule has 1 aliphatic rings. The molecule has 2 rings (SSSR count). The SMILES string of the molecule is CN=C(NCCOC)NCc1ccc(N2CCOCC2)cc1C(F)(F)F. The molecule has 2 N–H and O–H groups in total. The summed E-state index contributed by atoms with van der Waals surface area (Å²) in [6.07, 6.45) is -4.42. The van der Waals surface area contributed by atoms with Crippen molar-refractivity contribution in [2.24, 2.45) is 4.99 Å². The van der Waals surface area contributed by atoms with Gasteiger partial charge in [-0.1, -0.05) is 6.07 Å². The third-order valence-electron chi connectivity index (χ3n) is 4.04. The molecule has 0 atom stereocenters. The van der Waals surface area contributed by atoms with Crippen LogP contribution >= 0.6 is 0 Å². The van der Waals surface area contributed by atoms with Gasteiger partial charge in [0.1, 0.15) is 0 Å². The number of hydrogen-bond donors (Lipinski definition) is 2. The Bertz CT molecular complexity index is 602. The standard InChI is InChI=1S/C17H25F3N4O2/c1-21-16(22-5-8-25-2)23-12-13-3-4-14(11-15(13)17(18,19)20)24-6-9-26-10-7-24/h3-4,11H,5-10,12H2,1-2H3,(H2,21,22,23). The number of alkyl halides is 3. The first-order chi connectivity index (χ1) is 12.5. The Labute approximate surface area is 151 Å². The van der Waals surface area contributed by atoms with E-state index in [0.29, 0.717) is 51.1 Å². The van der Waals surface area contributed by atoms with E-state index in [1.54, 1.807) is 20.2 Å². The number of guanidine groups is 1. The van der Waals surface area contributed by atoms with Gasteiger partial charge in [0.15, 0.2) is 5.96 Å². The summed E-state index contributed by atoms with van der Waals surface area (Å²) in [6.45, 7) is 3.23. The first-order valence-corrected chi connectivity index (χ1v) is 8.42. The Hall–Kier alpha value is -2.00. The van der Waals surface area contributed by atoms with Gasteiger partial charge in [0.2, 0.25) is 0 Å². The van der Waals surface area contributed by atoms with E-state index in [-0.39, 0.29) is 12.1 Å². The van der Waals surface area contributed by atoms with E-state index in [1.165, 1.54) is 12.1 Å². The van der Waals surface area contributed by atoms with Crippen LogP contribution < -0.4 is 15.5 Å². The molecule has 0 unspecified atom stereocenters. The molecule has 0 amide bonds. The normalized spacial score (nSPS) is 15.9. The predicted octanol–water partition coefficient (Wildman–Crippen LogP) is 1.85. The largest absolute Gasteiger partial charge is 0.416 e. The number of benzene rings is 1. The van der Waals surface area contributed by atoms with Gasteiger partial charge < -0.3 is 25.0 Å². The fourth-order valence-electron chi connectivity index (χ4n) is 2.67. The first kappa shape index (κ1) is 20.3. The van der Waals surface area contributed by atoms with Gasteiger partial charge in [0.25, 0.3) is 0 Å². The van der Waals surface area contributed by atoms with Crippen LogP contribution in [0.3, 0.4) is 0 Å². The smallest absolute Gasteiger partial charge is 0.383 e. The van der Waals surface area contributed by atoms with Gasteiger partial charge in [-0.2, -0.15) is 13.2 Å². The zero-order valence-electron chi connectivity index (χ0n) is 15.0. The Morgan fingerprint density at radius 2 is 2.00 bits per heavy atom. The summed E-state index contributed by atoms with van der Waals surface area (Å²) in [5.41, 5.74) is 0.0949. The molecule has 1 saturated heterocycles. The maximum atomic E-state index is 13.5. The average Bonchev–Trinajstić information content (AvgIpc) is 2.64. The van der Waals surface area contributed by atoms with Crippen LogP contribution in [0.15, 0.2) is 23.2 Å². The van der Waals surface area contributed by atoms with E-state index >= 15 is 0 Å². The Morgan fingerprint density at radius 1 is 1.27 bits per heavy atom. The highest BCUT2D eigenvalue weighted by atomic mass is 19.4. The first-order valence-electron chi connectivity index (χ1n) is 8.42. The molecule has 0 aromatic heterocycles. The van der Waals surface area contributed by atoms with Crippen molar-refractivity contribution in [3.63, 3.8) is 0 Å². The zero-order chi connectivity index (χ0) is 19.0. The number of nitrogens with zero attached hydrogens (tertiary/aromatic N) is 2. The number of aliphatic imine (C=N–C) groups is 1. The average molecular weight is 374 g/mol. The summed E-state index contributed by atoms with van der Waals surface area (Å²) >= 11 is 0. The van der Waals surface area contributed by atoms with Gasteiger partial charge in [-0.25, -0.2) is 0 Å². The molecule has 0 aliphatic carbocycles. The van der Waals surface area contributed by atoms with Crippen molar-refractivity contribution in [2.75, 3.05) is 58.5 Å². The van der Waals surface area contributed by atoms with Crippen molar-refractivity contribution in [3.05, 3.63) is 29.3 Å². The van der Waals surface area contributed by atoms with Crippen LogP contribution in [0.1, 0.15) is 11.1 Å². The van der Waals surface area contributed by atoms with Crippen molar-refractivity contribution >= 4 is 11.6 Å². The number of nitrogens with one attached hydrogen (secondary N) is 2. The number of halogens is 3. The summed E-state index contributed by atoms with van der Waals surface area (Å²) in [7, 11) is 3.14. The monoisotopic (exact) mass is 374 g/mol. The summed E-state index contributed by atoms with van der Waals surface area (Å²) in [5, 5.41) is 5.88. The van der Waals surface area contributed by atoms with Crippen molar-refractivity contribution < 1.29 is 22.6 Å². The van der Waals surface area contributed by atoms with Gasteiger partial charge in [-0.15, -0.1) is 0 Å². The minimum absolute atomic E-state index is 0.0187.